The molecular weight excluding hydrogens is 324 g/mol. The van der Waals surface area contributed by atoms with Gasteiger partial charge in [-0.1, -0.05) is 13.8 Å². The van der Waals surface area contributed by atoms with Crippen LogP contribution in [0.15, 0.2) is 29.2 Å². The molecule has 1 aromatic carbocycles. The zero-order valence-corrected chi connectivity index (χ0v) is 15.6. The molecule has 2 N–H and O–H groups in total. The lowest BCUT2D eigenvalue weighted by molar-refractivity contribution is 0.289. The highest BCUT2D eigenvalue weighted by Gasteiger charge is 2.16. The first-order valence-electron chi connectivity index (χ1n) is 8.90. The van der Waals surface area contributed by atoms with Crippen LogP contribution in [-0.4, -0.2) is 34.7 Å². The van der Waals surface area contributed by atoms with Crippen LogP contribution in [-0.2, 0) is 10.0 Å². The number of hydrogen-bond donors (Lipinski definition) is 2. The molecule has 1 unspecified atom stereocenters. The Morgan fingerprint density at radius 2 is 2.04 bits per heavy atom. The van der Waals surface area contributed by atoms with E-state index in [1.165, 1.54) is 12.8 Å². The van der Waals surface area contributed by atoms with Gasteiger partial charge in [0.25, 0.3) is 0 Å². The van der Waals surface area contributed by atoms with Crippen LogP contribution in [0.25, 0.3) is 0 Å². The Morgan fingerprint density at radius 3 is 2.67 bits per heavy atom. The summed E-state index contributed by atoms with van der Waals surface area (Å²) in [5.74, 6) is 1.87. The number of sulfonamides is 1. The molecule has 1 saturated heterocycles. The van der Waals surface area contributed by atoms with Gasteiger partial charge in [-0.05, 0) is 74.9 Å². The molecule has 2 rings (SSSR count). The van der Waals surface area contributed by atoms with E-state index in [1.54, 1.807) is 24.3 Å². The fraction of sp³-hybridized carbons (Fsp3) is 0.667. The third-order valence-electron chi connectivity index (χ3n) is 4.34. The van der Waals surface area contributed by atoms with Gasteiger partial charge in [-0.15, -0.1) is 0 Å². The van der Waals surface area contributed by atoms with Gasteiger partial charge < -0.3 is 10.1 Å². The van der Waals surface area contributed by atoms with Crippen molar-refractivity contribution >= 4 is 10.0 Å². The molecule has 0 bridgehead atoms. The van der Waals surface area contributed by atoms with Crippen LogP contribution in [0.1, 0.15) is 39.5 Å². The van der Waals surface area contributed by atoms with E-state index in [-0.39, 0.29) is 0 Å². The van der Waals surface area contributed by atoms with Crippen LogP contribution in [0, 0.1) is 11.8 Å². The van der Waals surface area contributed by atoms with Crippen molar-refractivity contribution in [3.8, 4) is 5.75 Å². The van der Waals surface area contributed by atoms with E-state index in [4.69, 9.17) is 4.74 Å². The fourth-order valence-corrected chi connectivity index (χ4v) is 3.83. The van der Waals surface area contributed by atoms with E-state index in [0.717, 1.165) is 25.9 Å². The molecule has 1 heterocycles. The fourth-order valence-electron chi connectivity index (χ4n) is 2.78. The summed E-state index contributed by atoms with van der Waals surface area (Å²) in [5, 5.41) is 3.35. The predicted octanol–water partition coefficient (Wildman–Crippen LogP) is 2.78. The molecule has 1 fully saturated rings. The maximum atomic E-state index is 12.3. The molecule has 1 aliphatic rings. The highest BCUT2D eigenvalue weighted by atomic mass is 32.2. The molecule has 0 radical (unpaired) electrons. The number of rotatable bonds is 9. The Bertz CT molecular complexity index is 579. The normalized spacial score (nSPS) is 18.7. The number of ether oxygens (including phenoxy) is 1. The average Bonchev–Trinajstić information content (AvgIpc) is 2.56. The van der Waals surface area contributed by atoms with Crippen molar-refractivity contribution in [2.45, 2.75) is 44.4 Å². The van der Waals surface area contributed by atoms with Crippen LogP contribution in [0.4, 0.5) is 0 Å². The minimum Gasteiger partial charge on any atom is -0.494 e. The Kier molecular flexibility index (Phi) is 7.52. The summed E-state index contributed by atoms with van der Waals surface area (Å²) in [6, 6.07) is 6.66. The second kappa shape index (κ2) is 9.39. The zero-order chi connectivity index (χ0) is 17.4. The number of nitrogens with one attached hydrogen (secondary N) is 2. The van der Waals surface area contributed by atoms with Gasteiger partial charge in [0.2, 0.25) is 10.0 Å². The highest BCUT2D eigenvalue weighted by molar-refractivity contribution is 7.89. The third kappa shape index (κ3) is 6.42. The number of piperidine rings is 1. The van der Waals surface area contributed by atoms with Crippen molar-refractivity contribution in [1.29, 1.82) is 0 Å². The summed E-state index contributed by atoms with van der Waals surface area (Å²) in [4.78, 5) is 0.292. The van der Waals surface area contributed by atoms with Crippen molar-refractivity contribution in [2.24, 2.45) is 11.8 Å². The lowest BCUT2D eigenvalue weighted by atomic mass is 9.96. The highest BCUT2D eigenvalue weighted by Crippen LogP contribution is 2.17. The minimum absolute atomic E-state index is 0.292. The molecule has 1 aliphatic heterocycles. The molecule has 0 spiro atoms. The summed E-state index contributed by atoms with van der Waals surface area (Å²) in [7, 11) is -3.44. The maximum absolute atomic E-state index is 12.3. The van der Waals surface area contributed by atoms with Crippen molar-refractivity contribution in [3.05, 3.63) is 24.3 Å². The van der Waals surface area contributed by atoms with Crippen molar-refractivity contribution in [3.63, 3.8) is 0 Å². The van der Waals surface area contributed by atoms with Crippen LogP contribution in [0.2, 0.25) is 0 Å². The first-order chi connectivity index (χ1) is 11.5. The van der Waals surface area contributed by atoms with Gasteiger partial charge in [-0.2, -0.15) is 0 Å². The van der Waals surface area contributed by atoms with Crippen LogP contribution < -0.4 is 14.8 Å². The molecule has 136 valence electrons. The largest absolute Gasteiger partial charge is 0.494 e. The topological polar surface area (TPSA) is 67.4 Å². The SMILES string of the molecule is CC(C)CCOc1ccc(S(=O)(=O)NCCC2CCCNC2)cc1. The molecule has 6 heteroatoms. The zero-order valence-electron chi connectivity index (χ0n) is 14.8. The van der Waals surface area contributed by atoms with E-state index in [1.807, 2.05) is 0 Å². The van der Waals surface area contributed by atoms with Gasteiger partial charge in [0.05, 0.1) is 11.5 Å². The second-order valence-corrected chi connectivity index (χ2v) is 8.67. The van der Waals surface area contributed by atoms with E-state index in [0.29, 0.717) is 35.6 Å². The lowest BCUT2D eigenvalue weighted by Gasteiger charge is -2.22. The third-order valence-corrected chi connectivity index (χ3v) is 5.82. The molecule has 0 amide bonds. The smallest absolute Gasteiger partial charge is 0.240 e. The molecule has 0 aliphatic carbocycles. The molecule has 0 saturated carbocycles. The van der Waals surface area contributed by atoms with Gasteiger partial charge >= 0.3 is 0 Å². The van der Waals surface area contributed by atoms with Crippen LogP contribution >= 0.6 is 0 Å². The molecule has 5 nitrogen and oxygen atoms in total. The average molecular weight is 355 g/mol. The van der Waals surface area contributed by atoms with Crippen LogP contribution in [0.3, 0.4) is 0 Å². The first kappa shape index (κ1) is 19.2. The van der Waals surface area contributed by atoms with E-state index in [9.17, 15) is 8.42 Å². The second-order valence-electron chi connectivity index (χ2n) is 6.90. The first-order valence-corrected chi connectivity index (χ1v) is 10.4. The summed E-state index contributed by atoms with van der Waals surface area (Å²) in [6.45, 7) is 7.50. The van der Waals surface area contributed by atoms with Gasteiger partial charge in [0.1, 0.15) is 5.75 Å². The molecule has 1 aromatic rings. The van der Waals surface area contributed by atoms with Gasteiger partial charge in [-0.3, -0.25) is 0 Å². The minimum atomic E-state index is -3.44. The molecular formula is C18H30N2O3S. The van der Waals surface area contributed by atoms with E-state index >= 15 is 0 Å². The summed E-state index contributed by atoms with van der Waals surface area (Å²) in [6.07, 6.45) is 4.22. The number of hydrogen-bond acceptors (Lipinski definition) is 4. The lowest BCUT2D eigenvalue weighted by Crippen LogP contribution is -2.33. The van der Waals surface area contributed by atoms with Crippen molar-refractivity contribution < 1.29 is 13.2 Å². The Balaban J connectivity index is 1.80. The van der Waals surface area contributed by atoms with Crippen LogP contribution in [0.5, 0.6) is 5.75 Å². The summed E-state index contributed by atoms with van der Waals surface area (Å²) in [5.41, 5.74) is 0. The molecule has 0 aromatic heterocycles. The quantitative estimate of drug-likeness (QED) is 0.715. The monoisotopic (exact) mass is 354 g/mol. The Hall–Kier alpha value is -1.11. The van der Waals surface area contributed by atoms with Crippen molar-refractivity contribution in [2.75, 3.05) is 26.2 Å². The predicted molar refractivity (Wildman–Crippen MR) is 96.8 cm³/mol. The maximum Gasteiger partial charge on any atom is 0.240 e. The Labute approximate surface area is 146 Å². The molecule has 1 atom stereocenters. The Morgan fingerprint density at radius 1 is 1.29 bits per heavy atom. The summed E-state index contributed by atoms with van der Waals surface area (Å²) >= 11 is 0. The van der Waals surface area contributed by atoms with Gasteiger partial charge in [-0.25, -0.2) is 13.1 Å². The standard InChI is InChI=1S/C18H30N2O3S/c1-15(2)10-13-23-17-5-7-18(8-6-17)24(21,22)20-12-9-16-4-3-11-19-14-16/h5-8,15-16,19-20H,3-4,9-14H2,1-2H3. The number of benzene rings is 1. The van der Waals surface area contributed by atoms with Crippen molar-refractivity contribution in [1.82, 2.24) is 10.0 Å². The molecule has 24 heavy (non-hydrogen) atoms. The van der Waals surface area contributed by atoms with Gasteiger partial charge in [0, 0.05) is 6.54 Å². The summed E-state index contributed by atoms with van der Waals surface area (Å²) < 4.78 is 33.0. The van der Waals surface area contributed by atoms with E-state index < -0.39 is 10.0 Å². The van der Waals surface area contributed by atoms with Gasteiger partial charge in [0.15, 0.2) is 0 Å². The van der Waals surface area contributed by atoms with E-state index in [2.05, 4.69) is 23.9 Å².